The van der Waals surface area contributed by atoms with Crippen molar-refractivity contribution in [2.24, 2.45) is 5.92 Å². The molecule has 3 rings (SSSR count). The van der Waals surface area contributed by atoms with Gasteiger partial charge in [0.05, 0.1) is 0 Å². The van der Waals surface area contributed by atoms with Crippen LogP contribution in [0.15, 0.2) is 60.7 Å². The predicted octanol–water partition coefficient (Wildman–Crippen LogP) is 3.23. The highest BCUT2D eigenvalue weighted by Gasteiger charge is 2.39. The first-order chi connectivity index (χ1) is 14.5. The molecule has 2 aromatic rings. The number of piperidine rings is 1. The molecule has 0 aliphatic carbocycles. The maximum absolute atomic E-state index is 13.2. The fourth-order valence-electron chi connectivity index (χ4n) is 4.16. The Morgan fingerprint density at radius 2 is 1.73 bits per heavy atom. The largest absolute Gasteiger partial charge is 0.421 e. The summed E-state index contributed by atoms with van der Waals surface area (Å²) in [5.41, 5.74) is 10.9. The van der Waals surface area contributed by atoms with Crippen molar-refractivity contribution in [2.75, 3.05) is 24.5 Å². The zero-order chi connectivity index (χ0) is 21.5. The molecule has 30 heavy (non-hydrogen) atoms. The Kier molecular flexibility index (Phi) is 7.28. The number of Topliss-reactive ketones (excluding diaryl/α,β-unsaturated/α-hetero) is 1. The van der Waals surface area contributed by atoms with E-state index in [1.807, 2.05) is 36.4 Å². The second-order valence-corrected chi connectivity index (χ2v) is 7.89. The van der Waals surface area contributed by atoms with Gasteiger partial charge < -0.3 is 10.4 Å². The lowest BCUT2D eigenvalue weighted by atomic mass is 9.91. The van der Waals surface area contributed by atoms with Crippen LogP contribution in [0.25, 0.3) is 5.53 Å². The van der Waals surface area contributed by atoms with Crippen molar-refractivity contribution in [2.45, 2.75) is 32.7 Å². The zero-order valence-corrected chi connectivity index (χ0v) is 17.6. The zero-order valence-electron chi connectivity index (χ0n) is 17.6. The molecule has 6 heteroatoms. The monoisotopic (exact) mass is 404 g/mol. The summed E-state index contributed by atoms with van der Waals surface area (Å²) in [7, 11) is 0. The number of nitrogens with zero attached hydrogens (tertiary/aromatic N) is 4. The maximum Gasteiger partial charge on any atom is 0.421 e. The first kappa shape index (κ1) is 21.6. The van der Waals surface area contributed by atoms with Crippen molar-refractivity contribution in [1.82, 2.24) is 4.90 Å². The van der Waals surface area contributed by atoms with Crippen LogP contribution >= 0.6 is 0 Å². The number of amides is 1. The van der Waals surface area contributed by atoms with Crippen LogP contribution in [0.3, 0.4) is 0 Å². The number of hydrogen-bond acceptors (Lipinski definition) is 3. The summed E-state index contributed by atoms with van der Waals surface area (Å²) < 4.78 is 0. The molecular weight excluding hydrogens is 376 g/mol. The number of rotatable bonds is 7. The molecule has 1 aliphatic heterocycles. The minimum atomic E-state index is -0.550. The lowest BCUT2D eigenvalue weighted by Gasteiger charge is -2.42. The van der Waals surface area contributed by atoms with Gasteiger partial charge >= 0.3 is 11.6 Å². The Balaban J connectivity index is 1.75. The van der Waals surface area contributed by atoms with Gasteiger partial charge in [-0.15, -0.1) is 0 Å². The molecule has 0 spiro atoms. The Bertz CT molecular complexity index is 923. The summed E-state index contributed by atoms with van der Waals surface area (Å²) in [6.07, 6.45) is 1.78. The quantitative estimate of drug-likeness (QED) is 0.308. The predicted molar refractivity (Wildman–Crippen MR) is 117 cm³/mol. The number of hydrogen-bond donors (Lipinski definition) is 0. The average Bonchev–Trinajstić information content (AvgIpc) is 2.75. The van der Waals surface area contributed by atoms with Gasteiger partial charge in [-0.25, -0.2) is 0 Å². The van der Waals surface area contributed by atoms with E-state index in [1.165, 1.54) is 12.5 Å². The molecular formula is C24H28N4O2. The number of para-hydroxylation sites is 1. The summed E-state index contributed by atoms with van der Waals surface area (Å²) in [6.45, 7) is 6.07. The van der Waals surface area contributed by atoms with E-state index in [-0.39, 0.29) is 12.0 Å². The Morgan fingerprint density at radius 1 is 1.10 bits per heavy atom. The molecule has 0 unspecified atom stereocenters. The Hall–Kier alpha value is -3.08. The molecule has 0 aromatic heterocycles. The molecule has 1 aliphatic rings. The van der Waals surface area contributed by atoms with E-state index in [1.54, 1.807) is 4.90 Å². The van der Waals surface area contributed by atoms with Crippen LogP contribution in [-0.4, -0.2) is 52.8 Å². The summed E-state index contributed by atoms with van der Waals surface area (Å²) in [5, 5.41) is 0. The Labute approximate surface area is 177 Å². The van der Waals surface area contributed by atoms with Crippen LogP contribution in [0.1, 0.15) is 25.8 Å². The van der Waals surface area contributed by atoms with Gasteiger partial charge in [-0.2, -0.15) is 4.79 Å². The molecule has 0 radical (unpaired) electrons. The lowest BCUT2D eigenvalue weighted by molar-refractivity contribution is -0.123. The first-order valence-corrected chi connectivity index (χ1v) is 10.4. The van der Waals surface area contributed by atoms with Crippen molar-refractivity contribution >= 4 is 23.1 Å². The fraction of sp³-hybridized carbons (Fsp3) is 0.375. The summed E-state index contributed by atoms with van der Waals surface area (Å²) >= 11 is 0. The molecule has 156 valence electrons. The highest BCUT2D eigenvalue weighted by molar-refractivity contribution is 6.65. The molecule has 0 bridgehead atoms. The van der Waals surface area contributed by atoms with Crippen LogP contribution in [0.4, 0.5) is 5.69 Å². The van der Waals surface area contributed by atoms with Crippen LogP contribution in [-0.2, 0) is 16.0 Å². The fourth-order valence-corrected chi connectivity index (χ4v) is 4.16. The molecule has 1 heterocycles. The van der Waals surface area contributed by atoms with Gasteiger partial charge in [0.15, 0.2) is 0 Å². The highest BCUT2D eigenvalue weighted by Crippen LogP contribution is 2.28. The normalized spacial score (nSPS) is 19.0. The number of ketones is 1. The standard InChI is InChI=1S/C24H28N4O2/c1-18-17-27(15-13-20-9-5-3-6-10-20)16-14-22(18)28(21-11-7-4-8-12-21)24(30)23(26-25)19(2)29/h3-12,18,22H,13-17H2,1-2H3/t18-,22+/m0/s1. The molecule has 1 fully saturated rings. The Morgan fingerprint density at radius 3 is 2.30 bits per heavy atom. The second-order valence-electron chi connectivity index (χ2n) is 7.89. The second kappa shape index (κ2) is 10.1. The first-order valence-electron chi connectivity index (χ1n) is 10.4. The molecule has 2 aromatic carbocycles. The lowest BCUT2D eigenvalue weighted by Crippen LogP contribution is -2.55. The SMILES string of the molecule is CC(=O)C(=[N+]=[N-])C(=O)N(c1ccccc1)[C@@H]1CCN(CCc2ccccc2)C[C@@H]1C. The van der Waals surface area contributed by atoms with Gasteiger partial charge in [-0.05, 0) is 36.5 Å². The molecule has 1 saturated heterocycles. The third kappa shape index (κ3) is 5.09. The van der Waals surface area contributed by atoms with Crippen molar-refractivity contribution < 1.29 is 14.4 Å². The number of anilines is 1. The third-order valence-corrected chi connectivity index (χ3v) is 5.72. The van der Waals surface area contributed by atoms with Crippen molar-refractivity contribution in [3.05, 3.63) is 71.8 Å². The van der Waals surface area contributed by atoms with E-state index in [4.69, 9.17) is 0 Å². The van der Waals surface area contributed by atoms with Gasteiger partial charge in [0.1, 0.15) is 0 Å². The van der Waals surface area contributed by atoms with Gasteiger partial charge in [0.25, 0.3) is 0 Å². The van der Waals surface area contributed by atoms with Gasteiger partial charge in [-0.3, -0.25) is 14.5 Å². The molecule has 0 N–H and O–H groups in total. The number of carbonyl (C=O) groups is 2. The van der Waals surface area contributed by atoms with Gasteiger partial charge in [0, 0.05) is 38.3 Å². The minimum absolute atomic E-state index is 0.0797. The van der Waals surface area contributed by atoms with E-state index >= 15 is 0 Å². The topological polar surface area (TPSA) is 77.0 Å². The number of likely N-dealkylation sites (tertiary alicyclic amines) is 1. The minimum Gasteiger partial charge on any atom is -0.360 e. The third-order valence-electron chi connectivity index (χ3n) is 5.72. The molecule has 6 nitrogen and oxygen atoms in total. The van der Waals surface area contributed by atoms with Crippen molar-refractivity contribution in [1.29, 1.82) is 0 Å². The van der Waals surface area contributed by atoms with Crippen molar-refractivity contribution in [3.63, 3.8) is 0 Å². The van der Waals surface area contributed by atoms with Gasteiger partial charge in [-0.1, -0.05) is 55.5 Å². The van der Waals surface area contributed by atoms with Crippen molar-refractivity contribution in [3.8, 4) is 0 Å². The van der Waals surface area contributed by atoms with E-state index in [2.05, 4.69) is 40.9 Å². The maximum atomic E-state index is 13.2. The molecule has 0 saturated carbocycles. The number of carbonyl (C=O) groups excluding carboxylic acids is 2. The van der Waals surface area contributed by atoms with E-state index in [9.17, 15) is 15.1 Å². The van der Waals surface area contributed by atoms with E-state index < -0.39 is 17.4 Å². The van der Waals surface area contributed by atoms with E-state index in [0.717, 1.165) is 32.5 Å². The summed E-state index contributed by atoms with van der Waals surface area (Å²) in [6, 6.07) is 19.6. The van der Waals surface area contributed by atoms with Crippen LogP contribution in [0.2, 0.25) is 0 Å². The smallest absolute Gasteiger partial charge is 0.360 e. The van der Waals surface area contributed by atoms with Crippen LogP contribution in [0, 0.1) is 5.92 Å². The highest BCUT2D eigenvalue weighted by atomic mass is 16.2. The van der Waals surface area contributed by atoms with Crippen LogP contribution in [0.5, 0.6) is 0 Å². The molecule has 1 amide bonds. The molecule has 2 atom stereocenters. The van der Waals surface area contributed by atoms with Crippen LogP contribution < -0.4 is 4.90 Å². The average molecular weight is 405 g/mol. The summed E-state index contributed by atoms with van der Waals surface area (Å²) in [4.78, 5) is 32.1. The van der Waals surface area contributed by atoms with E-state index in [0.29, 0.717) is 5.69 Å². The number of benzene rings is 2. The summed E-state index contributed by atoms with van der Waals surface area (Å²) in [5.74, 6) is -0.896. The van der Waals surface area contributed by atoms with Gasteiger partial charge in [0.2, 0.25) is 5.78 Å².